The quantitative estimate of drug-likeness (QED) is 0.310. The zero-order chi connectivity index (χ0) is 21.8. The number of ether oxygens (including phenoxy) is 1. The topological polar surface area (TPSA) is 50.8 Å². The number of aromatic amines is 1. The first kappa shape index (κ1) is 20.0. The van der Waals surface area contributed by atoms with Crippen LogP contribution in [-0.2, 0) is 6.61 Å². The molecule has 3 aromatic carbocycles. The van der Waals surface area contributed by atoms with Gasteiger partial charge in [0.25, 0.3) is 0 Å². The molecule has 0 saturated heterocycles. The Labute approximate surface area is 191 Å². The van der Waals surface area contributed by atoms with Gasteiger partial charge in [0.1, 0.15) is 18.2 Å². The standard InChI is InChI=1S/C27H20ClN3O/c28-23-8-4-7-22(17-23)26-25(20-13-15-29-16-14-20)30-27(31-26)21-9-11-24(12-10-21)32-18-19-5-2-1-3-6-19/h1-17H,18H2,(H,30,31). The largest absolute Gasteiger partial charge is 0.489 e. The van der Waals surface area contributed by atoms with Gasteiger partial charge in [-0.2, -0.15) is 0 Å². The predicted molar refractivity (Wildman–Crippen MR) is 128 cm³/mol. The smallest absolute Gasteiger partial charge is 0.138 e. The van der Waals surface area contributed by atoms with Crippen molar-refractivity contribution in [2.45, 2.75) is 6.61 Å². The minimum Gasteiger partial charge on any atom is -0.489 e. The fourth-order valence-corrected chi connectivity index (χ4v) is 3.72. The van der Waals surface area contributed by atoms with Crippen LogP contribution in [0.2, 0.25) is 5.02 Å². The molecule has 0 saturated carbocycles. The lowest BCUT2D eigenvalue weighted by Gasteiger charge is -2.06. The van der Waals surface area contributed by atoms with Crippen LogP contribution in [0.5, 0.6) is 5.75 Å². The van der Waals surface area contributed by atoms with E-state index >= 15 is 0 Å². The average Bonchev–Trinajstić information content (AvgIpc) is 3.30. The van der Waals surface area contributed by atoms with E-state index in [0.717, 1.165) is 45.2 Å². The highest BCUT2D eigenvalue weighted by molar-refractivity contribution is 6.30. The average molecular weight is 438 g/mol. The molecule has 0 aliphatic rings. The predicted octanol–water partition coefficient (Wildman–Crippen LogP) is 7.04. The molecule has 5 heteroatoms. The van der Waals surface area contributed by atoms with Gasteiger partial charge < -0.3 is 9.72 Å². The second-order valence-electron chi connectivity index (χ2n) is 7.35. The van der Waals surface area contributed by atoms with Crippen LogP contribution >= 0.6 is 11.6 Å². The van der Waals surface area contributed by atoms with Crippen LogP contribution in [0, 0.1) is 0 Å². The van der Waals surface area contributed by atoms with Gasteiger partial charge in [-0.1, -0.05) is 54.1 Å². The fourth-order valence-electron chi connectivity index (χ4n) is 3.53. The van der Waals surface area contributed by atoms with E-state index < -0.39 is 0 Å². The Morgan fingerprint density at radius 1 is 0.750 bits per heavy atom. The van der Waals surface area contributed by atoms with E-state index in [0.29, 0.717) is 11.6 Å². The summed E-state index contributed by atoms with van der Waals surface area (Å²) in [5, 5.41) is 0.674. The van der Waals surface area contributed by atoms with Gasteiger partial charge in [-0.05, 0) is 54.1 Å². The van der Waals surface area contributed by atoms with E-state index in [4.69, 9.17) is 21.3 Å². The molecule has 2 heterocycles. The number of pyridine rings is 1. The lowest BCUT2D eigenvalue weighted by molar-refractivity contribution is 0.306. The van der Waals surface area contributed by atoms with E-state index in [1.165, 1.54) is 0 Å². The van der Waals surface area contributed by atoms with Gasteiger partial charge in [0.05, 0.1) is 11.4 Å². The van der Waals surface area contributed by atoms with E-state index in [-0.39, 0.29) is 0 Å². The highest BCUT2D eigenvalue weighted by atomic mass is 35.5. The number of benzene rings is 3. The van der Waals surface area contributed by atoms with Crippen molar-refractivity contribution in [1.29, 1.82) is 0 Å². The number of nitrogens with zero attached hydrogens (tertiary/aromatic N) is 2. The van der Waals surface area contributed by atoms with Crippen molar-refractivity contribution in [3.05, 3.63) is 114 Å². The van der Waals surface area contributed by atoms with Crippen LogP contribution in [0.25, 0.3) is 33.9 Å². The summed E-state index contributed by atoms with van der Waals surface area (Å²) in [6.45, 7) is 0.534. The maximum atomic E-state index is 6.25. The number of hydrogen-bond donors (Lipinski definition) is 1. The molecule has 0 aliphatic heterocycles. The molecule has 0 atom stereocenters. The van der Waals surface area contributed by atoms with Gasteiger partial charge in [0, 0.05) is 34.1 Å². The molecule has 5 rings (SSSR count). The number of hydrogen-bond acceptors (Lipinski definition) is 3. The summed E-state index contributed by atoms with van der Waals surface area (Å²) in [5.74, 6) is 1.59. The number of H-pyrrole nitrogens is 1. The summed E-state index contributed by atoms with van der Waals surface area (Å²) >= 11 is 6.25. The van der Waals surface area contributed by atoms with Crippen molar-refractivity contribution in [3.63, 3.8) is 0 Å². The number of nitrogens with one attached hydrogen (secondary N) is 1. The van der Waals surface area contributed by atoms with E-state index in [2.05, 4.69) is 22.1 Å². The maximum absolute atomic E-state index is 6.25. The Morgan fingerprint density at radius 2 is 1.53 bits per heavy atom. The van der Waals surface area contributed by atoms with Gasteiger partial charge in [-0.15, -0.1) is 0 Å². The molecule has 5 aromatic rings. The second kappa shape index (κ2) is 9.08. The zero-order valence-electron chi connectivity index (χ0n) is 17.2. The van der Waals surface area contributed by atoms with Gasteiger partial charge in [-0.25, -0.2) is 4.98 Å². The Kier molecular flexibility index (Phi) is 5.69. The summed E-state index contributed by atoms with van der Waals surface area (Å²) in [6.07, 6.45) is 3.55. The summed E-state index contributed by atoms with van der Waals surface area (Å²) in [4.78, 5) is 12.5. The van der Waals surface area contributed by atoms with Crippen molar-refractivity contribution in [1.82, 2.24) is 15.0 Å². The lowest BCUT2D eigenvalue weighted by atomic mass is 10.1. The molecule has 0 unspecified atom stereocenters. The SMILES string of the molecule is Clc1cccc(-c2nc(-c3ccc(OCc4ccccc4)cc3)[nH]c2-c2ccncc2)c1. The third kappa shape index (κ3) is 4.41. The molecule has 0 bridgehead atoms. The number of halogens is 1. The van der Waals surface area contributed by atoms with Gasteiger partial charge in [0.2, 0.25) is 0 Å². The van der Waals surface area contributed by atoms with Crippen molar-refractivity contribution >= 4 is 11.6 Å². The molecule has 1 N–H and O–H groups in total. The Balaban J connectivity index is 1.46. The van der Waals surface area contributed by atoms with Gasteiger partial charge >= 0.3 is 0 Å². The Hall–Kier alpha value is -3.89. The normalized spacial score (nSPS) is 10.8. The molecule has 0 spiro atoms. The first-order valence-corrected chi connectivity index (χ1v) is 10.7. The molecule has 0 fully saturated rings. The molecule has 4 nitrogen and oxygen atoms in total. The van der Waals surface area contributed by atoms with E-state index in [9.17, 15) is 0 Å². The first-order chi connectivity index (χ1) is 15.8. The molecule has 156 valence electrons. The van der Waals surface area contributed by atoms with Crippen molar-refractivity contribution < 1.29 is 4.74 Å². The molecule has 2 aromatic heterocycles. The van der Waals surface area contributed by atoms with Crippen molar-refractivity contribution in [3.8, 4) is 39.7 Å². The maximum Gasteiger partial charge on any atom is 0.138 e. The number of aromatic nitrogens is 3. The van der Waals surface area contributed by atoms with Crippen molar-refractivity contribution in [2.24, 2.45) is 0 Å². The number of rotatable bonds is 6. The van der Waals surface area contributed by atoms with E-state index in [1.54, 1.807) is 12.4 Å². The Bertz CT molecular complexity index is 1320. The fraction of sp³-hybridized carbons (Fsp3) is 0.0370. The lowest BCUT2D eigenvalue weighted by Crippen LogP contribution is -1.94. The highest BCUT2D eigenvalue weighted by Gasteiger charge is 2.15. The minimum atomic E-state index is 0.534. The van der Waals surface area contributed by atoms with Crippen LogP contribution in [0.1, 0.15) is 5.56 Å². The first-order valence-electron chi connectivity index (χ1n) is 10.3. The van der Waals surface area contributed by atoms with Gasteiger partial charge in [-0.3, -0.25) is 4.98 Å². The van der Waals surface area contributed by atoms with Crippen molar-refractivity contribution in [2.75, 3.05) is 0 Å². The molecular weight excluding hydrogens is 418 g/mol. The van der Waals surface area contributed by atoms with E-state index in [1.807, 2.05) is 78.9 Å². The zero-order valence-corrected chi connectivity index (χ0v) is 18.0. The third-order valence-electron chi connectivity index (χ3n) is 5.15. The second-order valence-corrected chi connectivity index (χ2v) is 7.79. The molecule has 32 heavy (non-hydrogen) atoms. The molecular formula is C27H20ClN3O. The van der Waals surface area contributed by atoms with Crippen LogP contribution < -0.4 is 4.74 Å². The van der Waals surface area contributed by atoms with Crippen LogP contribution in [-0.4, -0.2) is 15.0 Å². The number of imidazole rings is 1. The summed E-state index contributed by atoms with van der Waals surface area (Å²) in [5.41, 5.74) is 5.84. The molecule has 0 amide bonds. The molecule has 0 aliphatic carbocycles. The summed E-state index contributed by atoms with van der Waals surface area (Å²) in [7, 11) is 0. The van der Waals surface area contributed by atoms with Gasteiger partial charge in [0.15, 0.2) is 0 Å². The summed E-state index contributed by atoms with van der Waals surface area (Å²) < 4.78 is 5.91. The Morgan fingerprint density at radius 3 is 2.28 bits per heavy atom. The monoisotopic (exact) mass is 437 g/mol. The van der Waals surface area contributed by atoms with Crippen LogP contribution in [0.4, 0.5) is 0 Å². The minimum absolute atomic E-state index is 0.534. The van der Waals surface area contributed by atoms with Crippen LogP contribution in [0.15, 0.2) is 103 Å². The highest BCUT2D eigenvalue weighted by Crippen LogP contribution is 2.34. The summed E-state index contributed by atoms with van der Waals surface area (Å²) in [6, 6.07) is 29.7. The third-order valence-corrected chi connectivity index (χ3v) is 5.38. The molecule has 0 radical (unpaired) electrons. The van der Waals surface area contributed by atoms with Crippen LogP contribution in [0.3, 0.4) is 0 Å².